The van der Waals surface area contributed by atoms with Crippen LogP contribution in [0.2, 0.25) is 0 Å². The van der Waals surface area contributed by atoms with E-state index in [1.807, 2.05) is 0 Å². The molecule has 0 aromatic carbocycles. The van der Waals surface area contributed by atoms with Gasteiger partial charge in [-0.25, -0.2) is 9.97 Å². The highest BCUT2D eigenvalue weighted by molar-refractivity contribution is 5.67. The van der Waals surface area contributed by atoms with Crippen molar-refractivity contribution in [2.75, 3.05) is 11.1 Å². The van der Waals surface area contributed by atoms with Gasteiger partial charge in [-0.1, -0.05) is 5.16 Å². The molecule has 2 aromatic heterocycles. The topological polar surface area (TPSA) is 133 Å². The molecule has 2 aromatic rings. The fourth-order valence-corrected chi connectivity index (χ4v) is 1.38. The summed E-state index contributed by atoms with van der Waals surface area (Å²) < 4.78 is 4.87. The monoisotopic (exact) mass is 250 g/mol. The molecular weight excluding hydrogens is 240 g/mol. The van der Waals surface area contributed by atoms with E-state index in [4.69, 9.17) is 10.3 Å². The fraction of sp³-hybridized carbons (Fsp3) is 0.222. The minimum Gasteiger partial charge on any atom is -0.378 e. The zero-order chi connectivity index (χ0) is 13.1. The van der Waals surface area contributed by atoms with Gasteiger partial charge in [0.1, 0.15) is 17.8 Å². The summed E-state index contributed by atoms with van der Waals surface area (Å²) in [4.78, 5) is 17.5. The van der Waals surface area contributed by atoms with Gasteiger partial charge in [0, 0.05) is 6.07 Å². The van der Waals surface area contributed by atoms with Gasteiger partial charge in [-0.05, 0) is 6.92 Å². The number of nitrogen functional groups attached to an aromatic ring is 1. The second-order valence-corrected chi connectivity index (χ2v) is 3.50. The van der Waals surface area contributed by atoms with E-state index in [0.29, 0.717) is 11.5 Å². The van der Waals surface area contributed by atoms with Gasteiger partial charge in [-0.2, -0.15) is 0 Å². The van der Waals surface area contributed by atoms with E-state index in [2.05, 4.69) is 20.4 Å². The summed E-state index contributed by atoms with van der Waals surface area (Å²) in [5, 5.41) is 17.3. The summed E-state index contributed by atoms with van der Waals surface area (Å²) in [6.45, 7) is 2.00. The highest BCUT2D eigenvalue weighted by Gasteiger charge is 2.20. The molecule has 0 unspecified atom stereocenters. The molecule has 9 heteroatoms. The van der Waals surface area contributed by atoms with Crippen LogP contribution in [0, 0.1) is 17.0 Å². The van der Waals surface area contributed by atoms with E-state index >= 15 is 0 Å². The summed E-state index contributed by atoms with van der Waals surface area (Å²) in [6.07, 6.45) is 1.15. The highest BCUT2D eigenvalue weighted by atomic mass is 16.6. The lowest BCUT2D eigenvalue weighted by molar-refractivity contribution is -0.383. The van der Waals surface area contributed by atoms with Gasteiger partial charge >= 0.3 is 5.69 Å². The molecule has 0 aliphatic rings. The Morgan fingerprint density at radius 3 is 2.94 bits per heavy atom. The number of nitrogens with two attached hydrogens (primary N) is 1. The molecule has 0 aliphatic carbocycles. The first-order valence-electron chi connectivity index (χ1n) is 4.99. The van der Waals surface area contributed by atoms with Crippen molar-refractivity contribution >= 4 is 17.3 Å². The predicted molar refractivity (Wildman–Crippen MR) is 61.7 cm³/mol. The van der Waals surface area contributed by atoms with E-state index in [1.165, 1.54) is 0 Å². The van der Waals surface area contributed by atoms with Crippen LogP contribution in [0.3, 0.4) is 0 Å². The first-order chi connectivity index (χ1) is 8.58. The summed E-state index contributed by atoms with van der Waals surface area (Å²) in [7, 11) is 0. The van der Waals surface area contributed by atoms with Crippen molar-refractivity contribution in [1.82, 2.24) is 15.1 Å². The Morgan fingerprint density at radius 1 is 1.56 bits per heavy atom. The van der Waals surface area contributed by atoms with E-state index in [9.17, 15) is 10.1 Å². The Balaban J connectivity index is 2.19. The zero-order valence-electron chi connectivity index (χ0n) is 9.45. The maximum atomic E-state index is 10.8. The number of aryl methyl sites for hydroxylation is 1. The predicted octanol–water partition coefficient (Wildman–Crippen LogP) is 0.876. The van der Waals surface area contributed by atoms with Crippen LogP contribution in [0.1, 0.15) is 11.5 Å². The van der Waals surface area contributed by atoms with E-state index in [0.717, 1.165) is 6.33 Å². The average molecular weight is 250 g/mol. The molecule has 2 heterocycles. The number of rotatable bonds is 4. The third kappa shape index (κ3) is 2.34. The van der Waals surface area contributed by atoms with Crippen LogP contribution in [0.25, 0.3) is 0 Å². The Bertz CT molecular complexity index is 581. The standard InChI is InChI=1S/C9H10N6O3/c1-5-2-6(14-18-5)3-11-9-7(15(16)17)8(10)12-4-13-9/h2,4H,3H2,1H3,(H3,10,11,12,13). The van der Waals surface area contributed by atoms with Crippen LogP contribution in [-0.4, -0.2) is 20.0 Å². The molecule has 0 saturated carbocycles. The van der Waals surface area contributed by atoms with Crippen molar-refractivity contribution in [3.63, 3.8) is 0 Å². The van der Waals surface area contributed by atoms with Gasteiger partial charge in [0.2, 0.25) is 11.6 Å². The van der Waals surface area contributed by atoms with Gasteiger partial charge in [-0.3, -0.25) is 10.1 Å². The van der Waals surface area contributed by atoms with Crippen molar-refractivity contribution in [1.29, 1.82) is 0 Å². The fourth-order valence-electron chi connectivity index (χ4n) is 1.38. The molecule has 9 nitrogen and oxygen atoms in total. The SMILES string of the molecule is Cc1cc(CNc2ncnc(N)c2[N+](=O)[O-])no1. The Morgan fingerprint density at radius 2 is 2.33 bits per heavy atom. The van der Waals surface area contributed by atoms with Crippen LogP contribution in [0.15, 0.2) is 16.9 Å². The second-order valence-electron chi connectivity index (χ2n) is 3.50. The van der Waals surface area contributed by atoms with Crippen LogP contribution in [0.5, 0.6) is 0 Å². The first kappa shape index (κ1) is 11.8. The molecule has 0 saturated heterocycles. The lowest BCUT2D eigenvalue weighted by Gasteiger charge is -2.04. The summed E-state index contributed by atoms with van der Waals surface area (Å²) in [5.41, 5.74) is 5.69. The van der Waals surface area contributed by atoms with Crippen LogP contribution < -0.4 is 11.1 Å². The zero-order valence-corrected chi connectivity index (χ0v) is 9.45. The number of anilines is 2. The summed E-state index contributed by atoms with van der Waals surface area (Å²) in [5.74, 6) is 0.519. The Hall–Kier alpha value is -2.71. The maximum Gasteiger partial charge on any atom is 0.352 e. The van der Waals surface area contributed by atoms with Gasteiger partial charge in [0.15, 0.2) is 0 Å². The number of hydrogen-bond donors (Lipinski definition) is 2. The van der Waals surface area contributed by atoms with Gasteiger partial charge in [0.05, 0.1) is 11.5 Å². The Labute approximate surface area is 101 Å². The van der Waals surface area contributed by atoms with Crippen LogP contribution >= 0.6 is 0 Å². The van der Waals surface area contributed by atoms with Crippen molar-refractivity contribution in [2.45, 2.75) is 13.5 Å². The third-order valence-electron chi connectivity index (χ3n) is 2.15. The highest BCUT2D eigenvalue weighted by Crippen LogP contribution is 2.26. The lowest BCUT2D eigenvalue weighted by atomic mass is 10.3. The number of nitrogens with zero attached hydrogens (tertiary/aromatic N) is 4. The molecule has 0 spiro atoms. The molecule has 2 rings (SSSR count). The molecule has 0 radical (unpaired) electrons. The average Bonchev–Trinajstić information content (AvgIpc) is 2.72. The molecule has 0 fully saturated rings. The van der Waals surface area contributed by atoms with Crippen molar-refractivity contribution < 1.29 is 9.45 Å². The molecule has 0 atom stereocenters. The van der Waals surface area contributed by atoms with Crippen molar-refractivity contribution in [2.24, 2.45) is 0 Å². The smallest absolute Gasteiger partial charge is 0.352 e. The van der Waals surface area contributed by atoms with Gasteiger partial charge in [-0.15, -0.1) is 0 Å². The third-order valence-corrected chi connectivity index (χ3v) is 2.15. The molecule has 0 amide bonds. The minimum absolute atomic E-state index is 0.0492. The van der Waals surface area contributed by atoms with E-state index in [1.54, 1.807) is 13.0 Å². The molecule has 3 N–H and O–H groups in total. The summed E-state index contributed by atoms with van der Waals surface area (Å²) >= 11 is 0. The number of aromatic nitrogens is 3. The van der Waals surface area contributed by atoms with Crippen LogP contribution in [-0.2, 0) is 6.54 Å². The minimum atomic E-state index is -0.633. The largest absolute Gasteiger partial charge is 0.378 e. The van der Waals surface area contributed by atoms with Crippen molar-refractivity contribution in [3.8, 4) is 0 Å². The number of hydrogen-bond acceptors (Lipinski definition) is 8. The van der Waals surface area contributed by atoms with Gasteiger partial charge in [0.25, 0.3) is 0 Å². The lowest BCUT2D eigenvalue weighted by Crippen LogP contribution is -2.08. The molecule has 94 valence electrons. The summed E-state index contributed by atoms with van der Waals surface area (Å²) in [6, 6.07) is 1.71. The van der Waals surface area contributed by atoms with E-state index < -0.39 is 4.92 Å². The number of nitrogens with one attached hydrogen (secondary N) is 1. The first-order valence-corrected chi connectivity index (χ1v) is 4.99. The Kier molecular flexibility index (Phi) is 3.04. The molecule has 18 heavy (non-hydrogen) atoms. The van der Waals surface area contributed by atoms with Crippen LogP contribution in [0.4, 0.5) is 17.3 Å². The normalized spacial score (nSPS) is 10.3. The second kappa shape index (κ2) is 4.65. The van der Waals surface area contributed by atoms with Crippen molar-refractivity contribution in [3.05, 3.63) is 34.0 Å². The molecule has 0 aliphatic heterocycles. The molecular formula is C9H10N6O3. The van der Waals surface area contributed by atoms with E-state index in [-0.39, 0.29) is 23.9 Å². The quantitative estimate of drug-likeness (QED) is 0.603. The van der Waals surface area contributed by atoms with Gasteiger partial charge < -0.3 is 15.6 Å². The molecule has 0 bridgehead atoms. The number of nitro groups is 1. The maximum absolute atomic E-state index is 10.8.